The van der Waals surface area contributed by atoms with Crippen molar-refractivity contribution in [3.05, 3.63) is 22.4 Å². The second-order valence-electron chi connectivity index (χ2n) is 4.15. The largest absolute Gasteiger partial charge is 0.423 e. The fraction of sp³-hybridized carbons (Fsp3) is 0.636. The van der Waals surface area contributed by atoms with Crippen molar-refractivity contribution in [2.24, 2.45) is 5.73 Å². The Labute approximate surface area is 115 Å². The molecule has 0 radical (unpaired) electrons. The van der Waals surface area contributed by atoms with Crippen LogP contribution in [0, 0.1) is 0 Å². The molecular formula is C11H13F6NOS. The summed E-state index contributed by atoms with van der Waals surface area (Å²) < 4.78 is 79.3. The first-order valence-electron chi connectivity index (χ1n) is 5.64. The van der Waals surface area contributed by atoms with Crippen molar-refractivity contribution in [1.82, 2.24) is 0 Å². The topological polar surface area (TPSA) is 35.2 Å². The van der Waals surface area contributed by atoms with Gasteiger partial charge in [0.15, 0.2) is 0 Å². The van der Waals surface area contributed by atoms with Crippen molar-refractivity contribution in [2.75, 3.05) is 0 Å². The molecule has 1 aromatic heterocycles. The third-order valence-corrected chi connectivity index (χ3v) is 3.31. The summed E-state index contributed by atoms with van der Waals surface area (Å²) in [5.74, 6) is 0. The lowest BCUT2D eigenvalue weighted by atomic mass is 10.0. The molecule has 0 amide bonds. The van der Waals surface area contributed by atoms with Crippen LogP contribution in [-0.2, 0) is 4.74 Å². The van der Waals surface area contributed by atoms with E-state index in [1.54, 1.807) is 6.92 Å². The van der Waals surface area contributed by atoms with Gasteiger partial charge in [0.2, 0.25) is 6.10 Å². The van der Waals surface area contributed by atoms with Crippen LogP contribution < -0.4 is 5.73 Å². The van der Waals surface area contributed by atoms with Crippen molar-refractivity contribution in [3.8, 4) is 0 Å². The summed E-state index contributed by atoms with van der Waals surface area (Å²) in [6.07, 6.45) is -16.2. The molecule has 2 atom stereocenters. The fourth-order valence-electron chi connectivity index (χ4n) is 1.56. The molecule has 0 fully saturated rings. The SMILES string of the molecule is CCC(N)C(OC(C(F)(F)F)C(F)(F)F)c1ccsc1. The van der Waals surface area contributed by atoms with Crippen molar-refractivity contribution >= 4 is 11.3 Å². The highest BCUT2D eigenvalue weighted by Crippen LogP contribution is 2.39. The summed E-state index contributed by atoms with van der Waals surface area (Å²) in [5.41, 5.74) is 5.80. The van der Waals surface area contributed by atoms with Gasteiger partial charge in [0, 0.05) is 6.04 Å². The molecule has 0 aromatic carbocycles. The van der Waals surface area contributed by atoms with Crippen molar-refractivity contribution in [2.45, 2.75) is 43.9 Å². The van der Waals surface area contributed by atoms with Crippen LogP contribution >= 0.6 is 11.3 Å². The predicted molar refractivity (Wildman–Crippen MR) is 62.3 cm³/mol. The van der Waals surface area contributed by atoms with Gasteiger partial charge in [-0.2, -0.15) is 37.7 Å². The van der Waals surface area contributed by atoms with Crippen LogP contribution in [0.4, 0.5) is 26.3 Å². The van der Waals surface area contributed by atoms with Crippen LogP contribution in [0.5, 0.6) is 0 Å². The van der Waals surface area contributed by atoms with Crippen molar-refractivity contribution in [3.63, 3.8) is 0 Å². The van der Waals surface area contributed by atoms with Gasteiger partial charge in [0.1, 0.15) is 0 Å². The molecule has 9 heteroatoms. The Morgan fingerprint density at radius 2 is 1.75 bits per heavy atom. The first kappa shape index (κ1) is 17.3. The average Bonchev–Trinajstić information content (AvgIpc) is 2.79. The second-order valence-corrected chi connectivity index (χ2v) is 4.93. The number of hydrogen-bond donors (Lipinski definition) is 1. The molecule has 2 nitrogen and oxygen atoms in total. The number of halogens is 6. The van der Waals surface area contributed by atoms with E-state index in [0.717, 1.165) is 11.3 Å². The molecule has 1 aromatic rings. The maximum Gasteiger partial charge on any atom is 0.423 e. The summed E-state index contributed by atoms with van der Waals surface area (Å²) in [7, 11) is 0. The highest BCUT2D eigenvalue weighted by molar-refractivity contribution is 7.07. The summed E-state index contributed by atoms with van der Waals surface area (Å²) in [4.78, 5) is 0. The smallest absolute Gasteiger partial charge is 0.351 e. The van der Waals surface area contributed by atoms with Crippen LogP contribution in [0.3, 0.4) is 0 Å². The Morgan fingerprint density at radius 1 is 1.20 bits per heavy atom. The van der Waals surface area contributed by atoms with Gasteiger partial charge in [-0.15, -0.1) is 0 Å². The Kier molecular flexibility index (Phi) is 5.45. The second kappa shape index (κ2) is 6.31. The van der Waals surface area contributed by atoms with Gasteiger partial charge in [0.25, 0.3) is 0 Å². The number of hydrogen-bond acceptors (Lipinski definition) is 3. The normalized spacial score (nSPS) is 16.4. The molecule has 2 unspecified atom stereocenters. The van der Waals surface area contributed by atoms with E-state index < -0.39 is 30.6 Å². The number of nitrogens with two attached hydrogens (primary N) is 1. The lowest BCUT2D eigenvalue weighted by molar-refractivity contribution is -0.333. The van der Waals surface area contributed by atoms with Crippen LogP contribution in [0.25, 0.3) is 0 Å². The minimum atomic E-state index is -5.54. The number of alkyl halides is 6. The van der Waals surface area contributed by atoms with Crippen molar-refractivity contribution in [1.29, 1.82) is 0 Å². The third kappa shape index (κ3) is 4.35. The van der Waals surface area contributed by atoms with Gasteiger partial charge in [0.05, 0.1) is 6.10 Å². The molecule has 2 N–H and O–H groups in total. The van der Waals surface area contributed by atoms with Gasteiger partial charge < -0.3 is 10.5 Å². The third-order valence-electron chi connectivity index (χ3n) is 2.61. The first-order valence-corrected chi connectivity index (χ1v) is 6.58. The maximum absolute atomic E-state index is 12.5. The Morgan fingerprint density at radius 3 is 2.10 bits per heavy atom. The highest BCUT2D eigenvalue weighted by Gasteiger charge is 2.59. The zero-order valence-electron chi connectivity index (χ0n) is 10.3. The molecule has 0 saturated heterocycles. The van der Waals surface area contributed by atoms with Crippen LogP contribution in [0.15, 0.2) is 16.8 Å². The molecule has 0 aliphatic rings. The standard InChI is InChI=1S/C11H13F6NOS/c1-2-7(18)8(6-3-4-20-5-6)19-9(10(12,13)14)11(15,16)17/h3-5,7-9H,2,18H2,1H3. The molecule has 0 bridgehead atoms. The van der Waals surface area contributed by atoms with E-state index in [1.807, 2.05) is 0 Å². The first-order chi connectivity index (χ1) is 9.07. The quantitative estimate of drug-likeness (QED) is 0.831. The molecular weight excluding hydrogens is 308 g/mol. The molecule has 0 spiro atoms. The molecule has 1 heterocycles. The lowest BCUT2D eigenvalue weighted by Gasteiger charge is -2.30. The predicted octanol–water partition coefficient (Wildman–Crippen LogP) is 4.04. The van der Waals surface area contributed by atoms with E-state index in [2.05, 4.69) is 4.74 Å². The molecule has 1 rings (SSSR count). The molecule has 0 aliphatic heterocycles. The average molecular weight is 321 g/mol. The van der Waals surface area contributed by atoms with Crippen LogP contribution in [-0.4, -0.2) is 24.5 Å². The number of rotatable bonds is 5. The molecule has 116 valence electrons. The number of ether oxygens (including phenoxy) is 1. The minimum absolute atomic E-state index is 0.183. The fourth-order valence-corrected chi connectivity index (χ4v) is 2.25. The van der Waals surface area contributed by atoms with Gasteiger partial charge in [-0.25, -0.2) is 0 Å². The summed E-state index contributed by atoms with van der Waals surface area (Å²) >= 11 is 1.14. The van der Waals surface area contributed by atoms with E-state index in [4.69, 9.17) is 5.73 Å². The zero-order chi connectivity index (χ0) is 15.6. The maximum atomic E-state index is 12.5. The van der Waals surface area contributed by atoms with E-state index >= 15 is 0 Å². The van der Waals surface area contributed by atoms with E-state index in [9.17, 15) is 26.3 Å². The van der Waals surface area contributed by atoms with Crippen molar-refractivity contribution < 1.29 is 31.1 Å². The Hall–Kier alpha value is -0.800. The Bertz CT molecular complexity index is 388. The molecule has 20 heavy (non-hydrogen) atoms. The van der Waals surface area contributed by atoms with Crippen LogP contribution in [0.1, 0.15) is 25.0 Å². The van der Waals surface area contributed by atoms with Gasteiger partial charge in [-0.05, 0) is 28.8 Å². The summed E-state index contributed by atoms with van der Waals surface area (Å²) in [5, 5.41) is 2.95. The summed E-state index contributed by atoms with van der Waals surface area (Å²) in [6.45, 7) is 1.56. The van der Waals surface area contributed by atoms with E-state index in [0.29, 0.717) is 0 Å². The molecule has 0 saturated carbocycles. The highest BCUT2D eigenvalue weighted by atomic mass is 32.1. The van der Waals surface area contributed by atoms with Gasteiger partial charge >= 0.3 is 12.4 Å². The molecule has 0 aliphatic carbocycles. The van der Waals surface area contributed by atoms with E-state index in [-0.39, 0.29) is 12.0 Å². The van der Waals surface area contributed by atoms with Gasteiger partial charge in [-0.3, -0.25) is 0 Å². The van der Waals surface area contributed by atoms with E-state index in [1.165, 1.54) is 16.8 Å². The lowest BCUT2D eigenvalue weighted by Crippen LogP contribution is -2.47. The number of thiophene rings is 1. The zero-order valence-corrected chi connectivity index (χ0v) is 11.1. The summed E-state index contributed by atoms with van der Waals surface area (Å²) in [6, 6.07) is 0.436. The minimum Gasteiger partial charge on any atom is -0.351 e. The Balaban J connectivity index is 3.04. The monoisotopic (exact) mass is 321 g/mol. The van der Waals surface area contributed by atoms with Crippen LogP contribution in [0.2, 0.25) is 0 Å². The van der Waals surface area contributed by atoms with Gasteiger partial charge in [-0.1, -0.05) is 6.92 Å².